The van der Waals surface area contributed by atoms with Gasteiger partial charge in [0.15, 0.2) is 0 Å². The van der Waals surface area contributed by atoms with E-state index in [-0.39, 0.29) is 23.8 Å². The van der Waals surface area contributed by atoms with Crippen LogP contribution < -0.4 is 4.74 Å². The van der Waals surface area contributed by atoms with Gasteiger partial charge in [0, 0.05) is 18.2 Å². The van der Waals surface area contributed by atoms with E-state index in [4.69, 9.17) is 9.84 Å². The number of rotatable bonds is 6. The summed E-state index contributed by atoms with van der Waals surface area (Å²) >= 11 is 0. The highest BCUT2D eigenvalue weighted by Crippen LogP contribution is 2.22. The Labute approximate surface area is 123 Å². The van der Waals surface area contributed by atoms with E-state index in [1.807, 2.05) is 30.3 Å². The number of aliphatic hydroxyl groups is 1. The Balaban J connectivity index is 2.06. The van der Waals surface area contributed by atoms with Crippen LogP contribution in [0.15, 0.2) is 42.5 Å². The van der Waals surface area contributed by atoms with Crippen LogP contribution in [0.4, 0.5) is 5.69 Å². The minimum atomic E-state index is -0.386. The van der Waals surface area contributed by atoms with Gasteiger partial charge >= 0.3 is 0 Å². The maximum absolute atomic E-state index is 10.9. The zero-order valence-electron chi connectivity index (χ0n) is 11.8. The Morgan fingerprint density at radius 1 is 1.19 bits per heavy atom. The number of ether oxygens (including phenoxy) is 1. The van der Waals surface area contributed by atoms with E-state index < -0.39 is 0 Å². The Kier molecular flexibility index (Phi) is 4.90. The largest absolute Gasteiger partial charge is 0.489 e. The number of hydrogen-bond donors (Lipinski definition) is 1. The number of nitro groups is 1. The molecule has 0 aliphatic heterocycles. The SMILES string of the molecule is Cc1c(COc2ccc(CCO)cc2)cccc1[N+](=O)[O-]. The lowest BCUT2D eigenvalue weighted by Gasteiger charge is -2.09. The van der Waals surface area contributed by atoms with E-state index in [2.05, 4.69) is 0 Å². The van der Waals surface area contributed by atoms with E-state index in [1.165, 1.54) is 6.07 Å². The molecule has 0 aliphatic carbocycles. The third-order valence-corrected chi connectivity index (χ3v) is 3.33. The predicted octanol–water partition coefficient (Wildman–Crippen LogP) is 3.02. The van der Waals surface area contributed by atoms with Gasteiger partial charge in [-0.15, -0.1) is 0 Å². The molecule has 0 heterocycles. The molecular formula is C16H17NO4. The fourth-order valence-electron chi connectivity index (χ4n) is 2.07. The van der Waals surface area contributed by atoms with Crippen molar-refractivity contribution in [2.75, 3.05) is 6.61 Å². The van der Waals surface area contributed by atoms with Gasteiger partial charge in [0.1, 0.15) is 12.4 Å². The van der Waals surface area contributed by atoms with Gasteiger partial charge in [0.05, 0.1) is 4.92 Å². The lowest BCUT2D eigenvalue weighted by atomic mass is 10.1. The summed E-state index contributed by atoms with van der Waals surface area (Å²) in [7, 11) is 0. The summed E-state index contributed by atoms with van der Waals surface area (Å²) in [5.74, 6) is 0.697. The van der Waals surface area contributed by atoms with Crippen molar-refractivity contribution in [2.45, 2.75) is 20.0 Å². The second-order valence-corrected chi connectivity index (χ2v) is 4.72. The van der Waals surface area contributed by atoms with Gasteiger partial charge in [-0.1, -0.05) is 24.3 Å². The summed E-state index contributed by atoms with van der Waals surface area (Å²) in [6, 6.07) is 12.4. The molecule has 1 N–H and O–H groups in total. The van der Waals surface area contributed by atoms with Crippen molar-refractivity contribution >= 4 is 5.69 Å². The fraction of sp³-hybridized carbons (Fsp3) is 0.250. The smallest absolute Gasteiger partial charge is 0.272 e. The van der Waals surface area contributed by atoms with Crippen LogP contribution in [0.2, 0.25) is 0 Å². The molecule has 0 aliphatic rings. The molecule has 0 saturated heterocycles. The zero-order chi connectivity index (χ0) is 15.2. The second kappa shape index (κ2) is 6.85. The van der Waals surface area contributed by atoms with Crippen LogP contribution in [-0.2, 0) is 13.0 Å². The van der Waals surface area contributed by atoms with Gasteiger partial charge in [0.2, 0.25) is 0 Å². The van der Waals surface area contributed by atoms with E-state index in [0.29, 0.717) is 17.7 Å². The summed E-state index contributed by atoms with van der Waals surface area (Å²) in [6.45, 7) is 2.13. The highest BCUT2D eigenvalue weighted by atomic mass is 16.6. The van der Waals surface area contributed by atoms with Crippen LogP contribution in [-0.4, -0.2) is 16.6 Å². The average molecular weight is 287 g/mol. The van der Waals surface area contributed by atoms with Crippen LogP contribution in [0.25, 0.3) is 0 Å². The summed E-state index contributed by atoms with van der Waals surface area (Å²) < 4.78 is 5.66. The molecule has 0 spiro atoms. The molecule has 0 unspecified atom stereocenters. The van der Waals surface area contributed by atoms with Crippen molar-refractivity contribution in [1.82, 2.24) is 0 Å². The van der Waals surface area contributed by atoms with Crippen molar-refractivity contribution in [3.63, 3.8) is 0 Å². The maximum Gasteiger partial charge on any atom is 0.272 e. The average Bonchev–Trinajstić information content (AvgIpc) is 2.48. The molecule has 2 rings (SSSR count). The summed E-state index contributed by atoms with van der Waals surface area (Å²) in [6.07, 6.45) is 0.615. The Morgan fingerprint density at radius 3 is 2.52 bits per heavy atom. The molecule has 2 aromatic carbocycles. The standard InChI is InChI=1S/C16H17NO4/c1-12-14(3-2-4-16(12)17(19)20)11-21-15-7-5-13(6-8-15)9-10-18/h2-8,18H,9-11H2,1H3. The summed E-state index contributed by atoms with van der Waals surface area (Å²) in [4.78, 5) is 10.5. The molecular weight excluding hydrogens is 270 g/mol. The lowest BCUT2D eigenvalue weighted by Crippen LogP contribution is -2.01. The first kappa shape index (κ1) is 15.0. The maximum atomic E-state index is 10.9. The highest BCUT2D eigenvalue weighted by molar-refractivity contribution is 5.44. The number of nitro benzene ring substituents is 1. The lowest BCUT2D eigenvalue weighted by molar-refractivity contribution is -0.385. The Hall–Kier alpha value is -2.40. The van der Waals surface area contributed by atoms with Crippen LogP contribution in [0.3, 0.4) is 0 Å². The molecule has 0 atom stereocenters. The van der Waals surface area contributed by atoms with Gasteiger partial charge in [-0.3, -0.25) is 10.1 Å². The molecule has 5 nitrogen and oxygen atoms in total. The Bertz CT molecular complexity index is 623. The molecule has 2 aromatic rings. The third-order valence-electron chi connectivity index (χ3n) is 3.33. The predicted molar refractivity (Wildman–Crippen MR) is 79.4 cm³/mol. The molecule has 0 saturated carbocycles. The molecule has 0 fully saturated rings. The fourth-order valence-corrected chi connectivity index (χ4v) is 2.07. The first-order chi connectivity index (χ1) is 10.1. The van der Waals surface area contributed by atoms with Gasteiger partial charge < -0.3 is 9.84 Å². The second-order valence-electron chi connectivity index (χ2n) is 4.72. The molecule has 0 radical (unpaired) electrons. The van der Waals surface area contributed by atoms with E-state index in [9.17, 15) is 10.1 Å². The summed E-state index contributed by atoms with van der Waals surface area (Å²) in [5, 5.41) is 19.7. The van der Waals surface area contributed by atoms with E-state index in [1.54, 1.807) is 13.0 Å². The van der Waals surface area contributed by atoms with Crippen molar-refractivity contribution in [3.8, 4) is 5.75 Å². The first-order valence-electron chi connectivity index (χ1n) is 6.67. The van der Waals surface area contributed by atoms with E-state index in [0.717, 1.165) is 11.1 Å². The van der Waals surface area contributed by atoms with Crippen molar-refractivity contribution in [3.05, 3.63) is 69.3 Å². The third kappa shape index (κ3) is 3.79. The van der Waals surface area contributed by atoms with Crippen LogP contribution in [0.5, 0.6) is 5.75 Å². The summed E-state index contributed by atoms with van der Waals surface area (Å²) in [5.41, 5.74) is 2.56. The van der Waals surface area contributed by atoms with Crippen molar-refractivity contribution < 1.29 is 14.8 Å². The van der Waals surface area contributed by atoms with Crippen molar-refractivity contribution in [2.24, 2.45) is 0 Å². The van der Waals surface area contributed by atoms with Gasteiger partial charge in [-0.05, 0) is 36.6 Å². The first-order valence-corrected chi connectivity index (χ1v) is 6.67. The molecule has 21 heavy (non-hydrogen) atoms. The number of nitrogens with zero attached hydrogens (tertiary/aromatic N) is 1. The number of hydrogen-bond acceptors (Lipinski definition) is 4. The zero-order valence-corrected chi connectivity index (χ0v) is 11.8. The molecule has 110 valence electrons. The minimum absolute atomic E-state index is 0.106. The quantitative estimate of drug-likeness (QED) is 0.654. The topological polar surface area (TPSA) is 72.6 Å². The van der Waals surface area contributed by atoms with Crippen LogP contribution in [0.1, 0.15) is 16.7 Å². The number of aliphatic hydroxyl groups excluding tert-OH is 1. The minimum Gasteiger partial charge on any atom is -0.489 e. The van der Waals surface area contributed by atoms with Crippen molar-refractivity contribution in [1.29, 1.82) is 0 Å². The number of benzene rings is 2. The van der Waals surface area contributed by atoms with E-state index >= 15 is 0 Å². The monoisotopic (exact) mass is 287 g/mol. The van der Waals surface area contributed by atoms with Crippen LogP contribution >= 0.6 is 0 Å². The molecule has 5 heteroatoms. The molecule has 0 bridgehead atoms. The Morgan fingerprint density at radius 2 is 1.90 bits per heavy atom. The molecule has 0 amide bonds. The highest BCUT2D eigenvalue weighted by Gasteiger charge is 2.13. The van der Waals surface area contributed by atoms with Gasteiger partial charge in [-0.2, -0.15) is 0 Å². The van der Waals surface area contributed by atoms with Crippen LogP contribution in [0, 0.1) is 17.0 Å². The van der Waals surface area contributed by atoms with Gasteiger partial charge in [0.25, 0.3) is 5.69 Å². The van der Waals surface area contributed by atoms with Gasteiger partial charge in [-0.25, -0.2) is 0 Å². The normalized spacial score (nSPS) is 10.4. The molecule has 0 aromatic heterocycles.